The number of nitrogens with zero attached hydrogens (tertiary/aromatic N) is 1. The van der Waals surface area contributed by atoms with Crippen molar-refractivity contribution < 1.29 is 4.79 Å². The Bertz CT molecular complexity index is 489. The molecule has 104 valence electrons. The Hall–Kier alpha value is -0.870. The largest absolute Gasteiger partial charge is 0.336 e. The Kier molecular flexibility index (Phi) is 4.31. The number of halogens is 1. The van der Waals surface area contributed by atoms with Crippen LogP contribution in [0.15, 0.2) is 22.7 Å². The summed E-state index contributed by atoms with van der Waals surface area (Å²) in [7, 11) is 0. The number of hydrogen-bond donors (Lipinski definition) is 1. The summed E-state index contributed by atoms with van der Waals surface area (Å²) in [5, 5.41) is 0. The van der Waals surface area contributed by atoms with Crippen molar-refractivity contribution in [2.24, 2.45) is 5.73 Å². The predicted molar refractivity (Wildman–Crippen MR) is 81.0 cm³/mol. The van der Waals surface area contributed by atoms with Crippen molar-refractivity contribution in [3.63, 3.8) is 0 Å². The lowest BCUT2D eigenvalue weighted by Gasteiger charge is -2.34. The molecule has 1 heterocycles. The zero-order valence-electron chi connectivity index (χ0n) is 11.6. The second-order valence-corrected chi connectivity index (χ2v) is 6.51. The fourth-order valence-corrected chi connectivity index (χ4v) is 3.16. The Morgan fingerprint density at radius 3 is 2.95 bits per heavy atom. The Morgan fingerprint density at radius 2 is 2.26 bits per heavy atom. The highest BCUT2D eigenvalue weighted by molar-refractivity contribution is 9.10. The highest BCUT2D eigenvalue weighted by Gasteiger charge is 2.38. The van der Waals surface area contributed by atoms with E-state index in [-0.39, 0.29) is 11.4 Å². The van der Waals surface area contributed by atoms with Crippen molar-refractivity contribution in [2.45, 2.75) is 38.6 Å². The van der Waals surface area contributed by atoms with Gasteiger partial charge in [-0.15, -0.1) is 0 Å². The Balaban J connectivity index is 2.15. The summed E-state index contributed by atoms with van der Waals surface area (Å²) in [6.07, 6.45) is 2.52. The first-order valence-corrected chi connectivity index (χ1v) is 7.51. The van der Waals surface area contributed by atoms with Crippen LogP contribution in [0.1, 0.15) is 30.9 Å². The van der Waals surface area contributed by atoms with Crippen LogP contribution in [-0.2, 0) is 11.2 Å². The number of nitrogens with two attached hydrogens (primary N) is 1. The van der Waals surface area contributed by atoms with Gasteiger partial charge in [0.25, 0.3) is 0 Å². The Labute approximate surface area is 123 Å². The molecule has 0 radical (unpaired) electrons. The third kappa shape index (κ3) is 3.00. The summed E-state index contributed by atoms with van der Waals surface area (Å²) >= 11 is 3.46. The van der Waals surface area contributed by atoms with Gasteiger partial charge in [-0.1, -0.05) is 22.0 Å². The quantitative estimate of drug-likeness (QED) is 0.929. The van der Waals surface area contributed by atoms with E-state index < -0.39 is 0 Å². The third-order valence-corrected chi connectivity index (χ3v) is 4.64. The molecule has 3 nitrogen and oxygen atoms in total. The zero-order chi connectivity index (χ0) is 14.0. The van der Waals surface area contributed by atoms with Crippen LogP contribution in [0.5, 0.6) is 0 Å². The van der Waals surface area contributed by atoms with Gasteiger partial charge in [0.1, 0.15) is 0 Å². The molecule has 1 amide bonds. The van der Waals surface area contributed by atoms with Gasteiger partial charge in [-0.25, -0.2) is 0 Å². The molecule has 0 aliphatic carbocycles. The lowest BCUT2D eigenvalue weighted by atomic mass is 9.98. The van der Waals surface area contributed by atoms with Crippen molar-refractivity contribution >= 4 is 21.8 Å². The second-order valence-electron chi connectivity index (χ2n) is 5.60. The number of hydrogen-bond acceptors (Lipinski definition) is 2. The Morgan fingerprint density at radius 1 is 1.53 bits per heavy atom. The first kappa shape index (κ1) is 14.5. The van der Waals surface area contributed by atoms with Crippen LogP contribution in [0.25, 0.3) is 0 Å². The smallest absolute Gasteiger partial charge is 0.227 e. The van der Waals surface area contributed by atoms with Gasteiger partial charge >= 0.3 is 0 Å². The summed E-state index contributed by atoms with van der Waals surface area (Å²) in [6, 6.07) is 6.07. The maximum atomic E-state index is 12.5. The molecule has 0 saturated carbocycles. The monoisotopic (exact) mass is 324 g/mol. The van der Waals surface area contributed by atoms with Gasteiger partial charge in [0, 0.05) is 17.6 Å². The summed E-state index contributed by atoms with van der Waals surface area (Å²) in [5.74, 6) is 0.187. The normalized spacial score (nSPS) is 22.8. The maximum Gasteiger partial charge on any atom is 0.227 e. The van der Waals surface area contributed by atoms with Crippen LogP contribution in [0.4, 0.5) is 0 Å². The zero-order valence-corrected chi connectivity index (χ0v) is 13.2. The molecule has 1 aliphatic rings. The van der Waals surface area contributed by atoms with Gasteiger partial charge in [0.05, 0.1) is 12.0 Å². The third-order valence-electron chi connectivity index (χ3n) is 4.14. The van der Waals surface area contributed by atoms with Crippen LogP contribution < -0.4 is 5.73 Å². The van der Waals surface area contributed by atoms with Gasteiger partial charge < -0.3 is 10.6 Å². The maximum absolute atomic E-state index is 12.5. The van der Waals surface area contributed by atoms with Crippen molar-refractivity contribution in [3.05, 3.63) is 33.8 Å². The molecule has 1 fully saturated rings. The first-order valence-electron chi connectivity index (χ1n) is 6.72. The van der Waals surface area contributed by atoms with Crippen LogP contribution in [0.3, 0.4) is 0 Å². The minimum absolute atomic E-state index is 0.156. The number of aryl methyl sites for hydroxylation is 1. The van der Waals surface area contributed by atoms with Gasteiger partial charge in [-0.3, -0.25) is 4.79 Å². The molecule has 1 aromatic carbocycles. The number of benzene rings is 1. The van der Waals surface area contributed by atoms with Crippen molar-refractivity contribution in [2.75, 3.05) is 13.1 Å². The predicted octanol–water partition coefficient (Wildman–Crippen LogP) is 2.64. The average molecular weight is 325 g/mol. The van der Waals surface area contributed by atoms with E-state index in [4.69, 9.17) is 5.73 Å². The lowest BCUT2D eigenvalue weighted by Crippen LogP contribution is -2.50. The standard InChI is InChI=1S/C15H21BrN2O/c1-11-4-5-13(16)8-12(11)9-14(19)18-7-3-6-15(18,2)10-17/h4-5,8H,3,6-7,9-10,17H2,1-2H3. The van der Waals surface area contributed by atoms with Crippen LogP contribution in [-0.4, -0.2) is 29.4 Å². The van der Waals surface area contributed by atoms with E-state index in [2.05, 4.69) is 22.9 Å². The summed E-state index contributed by atoms with van der Waals surface area (Å²) in [5.41, 5.74) is 7.93. The van der Waals surface area contributed by atoms with E-state index in [0.29, 0.717) is 13.0 Å². The van der Waals surface area contributed by atoms with Crippen LogP contribution >= 0.6 is 15.9 Å². The molecule has 2 rings (SSSR count). The van der Waals surface area contributed by atoms with Crippen molar-refractivity contribution in [3.8, 4) is 0 Å². The van der Waals surface area contributed by atoms with E-state index >= 15 is 0 Å². The van der Waals surface area contributed by atoms with E-state index in [1.807, 2.05) is 30.0 Å². The SMILES string of the molecule is Cc1ccc(Br)cc1CC(=O)N1CCCC1(C)CN. The van der Waals surface area contributed by atoms with E-state index in [1.165, 1.54) is 0 Å². The molecule has 2 N–H and O–H groups in total. The minimum atomic E-state index is -0.156. The van der Waals surface area contributed by atoms with E-state index in [9.17, 15) is 4.79 Å². The fraction of sp³-hybridized carbons (Fsp3) is 0.533. The van der Waals surface area contributed by atoms with Gasteiger partial charge in [0.2, 0.25) is 5.91 Å². The van der Waals surface area contributed by atoms with Crippen LogP contribution in [0.2, 0.25) is 0 Å². The molecular formula is C15H21BrN2O. The molecule has 0 spiro atoms. The number of likely N-dealkylation sites (tertiary alicyclic amines) is 1. The van der Waals surface area contributed by atoms with Crippen molar-refractivity contribution in [1.82, 2.24) is 4.90 Å². The second kappa shape index (κ2) is 5.63. The molecule has 4 heteroatoms. The summed E-state index contributed by atoms with van der Waals surface area (Å²) in [6.45, 7) is 5.50. The minimum Gasteiger partial charge on any atom is -0.336 e. The lowest BCUT2D eigenvalue weighted by molar-refractivity contribution is -0.133. The molecule has 19 heavy (non-hydrogen) atoms. The fourth-order valence-electron chi connectivity index (χ4n) is 2.75. The molecular weight excluding hydrogens is 304 g/mol. The summed E-state index contributed by atoms with van der Waals surface area (Å²) < 4.78 is 1.02. The van der Waals surface area contributed by atoms with Gasteiger partial charge in [-0.05, 0) is 49.9 Å². The number of carbonyl (C=O) groups excluding carboxylic acids is 1. The van der Waals surface area contributed by atoms with Gasteiger partial charge in [-0.2, -0.15) is 0 Å². The molecule has 1 unspecified atom stereocenters. The molecule has 0 bridgehead atoms. The highest BCUT2D eigenvalue weighted by Crippen LogP contribution is 2.29. The van der Waals surface area contributed by atoms with Crippen LogP contribution in [0, 0.1) is 6.92 Å². The first-order chi connectivity index (χ1) is 8.96. The van der Waals surface area contributed by atoms with E-state index in [1.54, 1.807) is 0 Å². The number of carbonyl (C=O) groups is 1. The van der Waals surface area contributed by atoms with Gasteiger partial charge in [0.15, 0.2) is 0 Å². The van der Waals surface area contributed by atoms with Crippen molar-refractivity contribution in [1.29, 1.82) is 0 Å². The molecule has 1 atom stereocenters. The molecule has 1 aromatic rings. The number of rotatable bonds is 3. The molecule has 0 aromatic heterocycles. The topological polar surface area (TPSA) is 46.3 Å². The average Bonchev–Trinajstić information content (AvgIpc) is 2.77. The highest BCUT2D eigenvalue weighted by atomic mass is 79.9. The van der Waals surface area contributed by atoms with E-state index in [0.717, 1.165) is 35.0 Å². The molecule has 1 saturated heterocycles. The number of amides is 1. The molecule has 1 aliphatic heterocycles. The summed E-state index contributed by atoms with van der Waals surface area (Å²) in [4.78, 5) is 14.5.